The van der Waals surface area contributed by atoms with Gasteiger partial charge in [0.15, 0.2) is 0 Å². The van der Waals surface area contributed by atoms with Gasteiger partial charge in [-0.2, -0.15) is 0 Å². The average molecular weight is 275 g/mol. The lowest BCUT2D eigenvalue weighted by atomic mass is 10.0. The molecule has 0 amide bonds. The van der Waals surface area contributed by atoms with E-state index in [-0.39, 0.29) is 4.90 Å². The first-order chi connectivity index (χ1) is 9.00. The molecule has 0 atom stereocenters. The van der Waals surface area contributed by atoms with E-state index >= 15 is 0 Å². The Bertz CT molecular complexity index is 644. The van der Waals surface area contributed by atoms with E-state index in [9.17, 15) is 8.42 Å². The third-order valence-corrected chi connectivity index (χ3v) is 3.94. The van der Waals surface area contributed by atoms with Crippen molar-refractivity contribution in [2.24, 2.45) is 5.14 Å². The van der Waals surface area contributed by atoms with E-state index in [0.29, 0.717) is 0 Å². The maximum atomic E-state index is 11.2. The Morgan fingerprint density at radius 2 is 1.37 bits per heavy atom. The first kappa shape index (κ1) is 13.8. The van der Waals surface area contributed by atoms with E-state index < -0.39 is 10.0 Å². The molecule has 0 heterocycles. The maximum Gasteiger partial charge on any atom is 0.238 e. The summed E-state index contributed by atoms with van der Waals surface area (Å²) in [6.45, 7) is 2.15. The highest BCUT2D eigenvalue weighted by Crippen LogP contribution is 2.21. The Morgan fingerprint density at radius 3 is 1.79 bits per heavy atom. The van der Waals surface area contributed by atoms with Gasteiger partial charge in [0.1, 0.15) is 0 Å². The topological polar surface area (TPSA) is 60.2 Å². The fourth-order valence-electron chi connectivity index (χ4n) is 1.99. The van der Waals surface area contributed by atoms with Gasteiger partial charge in [0.05, 0.1) is 4.90 Å². The van der Waals surface area contributed by atoms with Crippen LogP contribution in [0.15, 0.2) is 53.4 Å². The van der Waals surface area contributed by atoms with E-state index in [4.69, 9.17) is 5.14 Å². The highest BCUT2D eigenvalue weighted by molar-refractivity contribution is 7.89. The summed E-state index contributed by atoms with van der Waals surface area (Å²) in [6, 6.07) is 14.9. The van der Waals surface area contributed by atoms with Gasteiger partial charge in [-0.25, -0.2) is 13.6 Å². The summed E-state index contributed by atoms with van der Waals surface area (Å²) in [6.07, 6.45) is 2.20. The van der Waals surface area contributed by atoms with Crippen molar-refractivity contribution < 1.29 is 8.42 Å². The standard InChI is InChI=1S/C15H17NO2S/c1-2-3-12-4-6-13(7-5-12)14-8-10-15(11-9-14)19(16,17)18/h4-11H,2-3H2,1H3,(H2,16,17,18). The van der Waals surface area contributed by atoms with Gasteiger partial charge < -0.3 is 0 Å². The summed E-state index contributed by atoms with van der Waals surface area (Å²) < 4.78 is 22.4. The van der Waals surface area contributed by atoms with E-state index in [1.54, 1.807) is 12.1 Å². The van der Waals surface area contributed by atoms with E-state index in [2.05, 4.69) is 31.2 Å². The first-order valence-corrected chi connectivity index (χ1v) is 7.77. The molecule has 2 aromatic rings. The lowest BCUT2D eigenvalue weighted by Crippen LogP contribution is -2.11. The number of hydrogen-bond donors (Lipinski definition) is 1. The minimum absolute atomic E-state index is 0.138. The van der Waals surface area contributed by atoms with Gasteiger partial charge in [0.25, 0.3) is 0 Å². The minimum atomic E-state index is -3.62. The molecule has 0 unspecified atom stereocenters. The van der Waals surface area contributed by atoms with Crippen LogP contribution in [0.5, 0.6) is 0 Å². The lowest BCUT2D eigenvalue weighted by Gasteiger charge is -2.05. The SMILES string of the molecule is CCCc1ccc(-c2ccc(S(N)(=O)=O)cc2)cc1. The smallest absolute Gasteiger partial charge is 0.225 e. The third-order valence-electron chi connectivity index (χ3n) is 3.01. The van der Waals surface area contributed by atoms with Crippen molar-refractivity contribution in [3.8, 4) is 11.1 Å². The molecule has 3 nitrogen and oxygen atoms in total. The van der Waals surface area contributed by atoms with Crippen LogP contribution in [0.4, 0.5) is 0 Å². The molecular formula is C15H17NO2S. The minimum Gasteiger partial charge on any atom is -0.225 e. The fourth-order valence-corrected chi connectivity index (χ4v) is 2.51. The van der Waals surface area contributed by atoms with Crippen molar-refractivity contribution in [1.82, 2.24) is 0 Å². The zero-order chi connectivity index (χ0) is 13.9. The summed E-state index contributed by atoms with van der Waals surface area (Å²) in [5.41, 5.74) is 3.36. The quantitative estimate of drug-likeness (QED) is 0.932. The number of rotatable bonds is 4. The zero-order valence-corrected chi connectivity index (χ0v) is 11.7. The van der Waals surface area contributed by atoms with E-state index in [1.807, 2.05) is 0 Å². The second-order valence-electron chi connectivity index (χ2n) is 4.52. The van der Waals surface area contributed by atoms with Crippen LogP contribution in [-0.4, -0.2) is 8.42 Å². The molecule has 100 valence electrons. The van der Waals surface area contributed by atoms with Crippen LogP contribution < -0.4 is 5.14 Å². The van der Waals surface area contributed by atoms with Crippen LogP contribution in [0.2, 0.25) is 0 Å². The molecule has 2 N–H and O–H groups in total. The Hall–Kier alpha value is -1.65. The monoisotopic (exact) mass is 275 g/mol. The molecule has 0 spiro atoms. The predicted molar refractivity (Wildman–Crippen MR) is 77.2 cm³/mol. The molecule has 0 fully saturated rings. The summed E-state index contributed by atoms with van der Waals surface area (Å²) in [5, 5.41) is 5.07. The van der Waals surface area contributed by atoms with Crippen LogP contribution in [0.1, 0.15) is 18.9 Å². The van der Waals surface area contributed by atoms with Gasteiger partial charge >= 0.3 is 0 Å². The van der Waals surface area contributed by atoms with Crippen molar-refractivity contribution in [1.29, 1.82) is 0 Å². The molecule has 0 bridgehead atoms. The molecule has 0 radical (unpaired) electrons. The van der Waals surface area contributed by atoms with Crippen LogP contribution in [0, 0.1) is 0 Å². The van der Waals surface area contributed by atoms with Gasteiger partial charge in [-0.1, -0.05) is 49.7 Å². The van der Waals surface area contributed by atoms with Gasteiger partial charge in [0, 0.05) is 0 Å². The van der Waals surface area contributed by atoms with E-state index in [0.717, 1.165) is 24.0 Å². The molecule has 0 aliphatic rings. The second-order valence-corrected chi connectivity index (χ2v) is 6.08. The molecule has 0 saturated carbocycles. The third kappa shape index (κ3) is 3.43. The molecule has 0 saturated heterocycles. The normalized spacial score (nSPS) is 11.5. The Labute approximate surface area is 114 Å². The van der Waals surface area contributed by atoms with Crippen molar-refractivity contribution >= 4 is 10.0 Å². The van der Waals surface area contributed by atoms with Crippen LogP contribution in [0.25, 0.3) is 11.1 Å². The predicted octanol–water partition coefficient (Wildman–Crippen LogP) is 2.95. The van der Waals surface area contributed by atoms with Crippen molar-refractivity contribution in [2.75, 3.05) is 0 Å². The number of primary sulfonamides is 1. The summed E-state index contributed by atoms with van der Waals surface area (Å²) in [4.78, 5) is 0.138. The Balaban J connectivity index is 2.27. The number of benzene rings is 2. The number of aryl methyl sites for hydroxylation is 1. The highest BCUT2D eigenvalue weighted by atomic mass is 32.2. The molecule has 0 aromatic heterocycles. The zero-order valence-electron chi connectivity index (χ0n) is 10.8. The Morgan fingerprint density at radius 1 is 0.895 bits per heavy atom. The maximum absolute atomic E-state index is 11.2. The molecule has 0 aliphatic carbocycles. The number of sulfonamides is 1. The first-order valence-electron chi connectivity index (χ1n) is 6.23. The van der Waals surface area contributed by atoms with Gasteiger partial charge in [0.2, 0.25) is 10.0 Å². The second kappa shape index (κ2) is 5.55. The largest absolute Gasteiger partial charge is 0.238 e. The lowest BCUT2D eigenvalue weighted by molar-refractivity contribution is 0.598. The summed E-state index contributed by atoms with van der Waals surface area (Å²) in [5.74, 6) is 0. The number of nitrogens with two attached hydrogens (primary N) is 1. The molecule has 19 heavy (non-hydrogen) atoms. The summed E-state index contributed by atoms with van der Waals surface area (Å²) in [7, 11) is -3.62. The summed E-state index contributed by atoms with van der Waals surface area (Å²) >= 11 is 0. The Kier molecular flexibility index (Phi) is 4.02. The average Bonchev–Trinajstić information content (AvgIpc) is 2.39. The molecule has 0 aliphatic heterocycles. The molecule has 4 heteroatoms. The van der Waals surface area contributed by atoms with Crippen LogP contribution in [0.3, 0.4) is 0 Å². The van der Waals surface area contributed by atoms with Crippen molar-refractivity contribution in [3.63, 3.8) is 0 Å². The van der Waals surface area contributed by atoms with Crippen molar-refractivity contribution in [2.45, 2.75) is 24.7 Å². The van der Waals surface area contributed by atoms with Gasteiger partial charge in [-0.15, -0.1) is 0 Å². The fraction of sp³-hybridized carbons (Fsp3) is 0.200. The van der Waals surface area contributed by atoms with Gasteiger partial charge in [-0.05, 0) is 35.2 Å². The van der Waals surface area contributed by atoms with Gasteiger partial charge in [-0.3, -0.25) is 0 Å². The van der Waals surface area contributed by atoms with Crippen LogP contribution in [-0.2, 0) is 16.4 Å². The van der Waals surface area contributed by atoms with E-state index in [1.165, 1.54) is 17.7 Å². The molecular weight excluding hydrogens is 258 g/mol. The highest BCUT2D eigenvalue weighted by Gasteiger charge is 2.07. The van der Waals surface area contributed by atoms with Crippen molar-refractivity contribution in [3.05, 3.63) is 54.1 Å². The van der Waals surface area contributed by atoms with Crippen LogP contribution >= 0.6 is 0 Å². The number of hydrogen-bond acceptors (Lipinski definition) is 2. The molecule has 2 aromatic carbocycles. The molecule has 2 rings (SSSR count).